The van der Waals surface area contributed by atoms with E-state index < -0.39 is 17.9 Å². The molecule has 1 aromatic heterocycles. The van der Waals surface area contributed by atoms with E-state index in [0.717, 1.165) is 41.6 Å². The number of alkyl halides is 3. The molecule has 4 rings (SSSR count). The minimum Gasteiger partial charge on any atom is -0.493 e. The van der Waals surface area contributed by atoms with Gasteiger partial charge < -0.3 is 19.8 Å². The minimum atomic E-state index is -4.46. The van der Waals surface area contributed by atoms with Crippen molar-refractivity contribution in [3.8, 4) is 11.5 Å². The summed E-state index contributed by atoms with van der Waals surface area (Å²) in [7, 11) is 0. The molecule has 5 nitrogen and oxygen atoms in total. The van der Waals surface area contributed by atoms with Crippen LogP contribution in [0, 0.1) is 0 Å². The first-order valence-corrected chi connectivity index (χ1v) is 12.2. The van der Waals surface area contributed by atoms with Crippen LogP contribution >= 0.6 is 0 Å². The lowest BCUT2D eigenvalue weighted by molar-refractivity contribution is -0.0580. The summed E-state index contributed by atoms with van der Waals surface area (Å²) in [6.07, 6.45) is 0.309. The molecular weight excluding hydrogens is 455 g/mol. The summed E-state index contributed by atoms with van der Waals surface area (Å²) in [5, 5.41) is 1.04. The molecule has 0 bridgehead atoms. The van der Waals surface area contributed by atoms with Crippen LogP contribution in [-0.2, 0) is 13.0 Å². The Morgan fingerprint density at radius 2 is 1.83 bits per heavy atom. The number of aromatic nitrogens is 1. The standard InChI is InChI=1S/C27H32F3N3O2/c1-3-7-19-24(11-10-20-25(19)21(4-2)32-26(20)27(28,29)30)34-16-6-14-33-15-12-18-22(33)8-5-9-23(18)35-17-13-31/h5,8-12,15,21H,3-4,6-7,13-14,16-17,31H2,1-2H3. The van der Waals surface area contributed by atoms with Gasteiger partial charge in [-0.25, -0.2) is 0 Å². The molecule has 188 valence electrons. The highest BCUT2D eigenvalue weighted by Gasteiger charge is 2.43. The molecule has 0 amide bonds. The fraction of sp³-hybridized carbons (Fsp3) is 0.444. The van der Waals surface area contributed by atoms with Crippen molar-refractivity contribution in [3.63, 3.8) is 0 Å². The number of ether oxygens (including phenoxy) is 2. The van der Waals surface area contributed by atoms with Crippen LogP contribution in [-0.4, -0.2) is 36.2 Å². The van der Waals surface area contributed by atoms with E-state index >= 15 is 0 Å². The maximum atomic E-state index is 13.6. The van der Waals surface area contributed by atoms with E-state index in [0.29, 0.717) is 43.9 Å². The third kappa shape index (κ3) is 5.17. The maximum absolute atomic E-state index is 13.6. The molecule has 0 saturated heterocycles. The molecule has 2 N–H and O–H groups in total. The van der Waals surface area contributed by atoms with E-state index in [1.54, 1.807) is 6.07 Å². The Balaban J connectivity index is 1.48. The maximum Gasteiger partial charge on any atom is 0.433 e. The predicted octanol–water partition coefficient (Wildman–Crippen LogP) is 6.22. The van der Waals surface area contributed by atoms with Crippen molar-refractivity contribution >= 4 is 16.6 Å². The number of aliphatic imine (C=N–C) groups is 1. The lowest BCUT2D eigenvalue weighted by atomic mass is 9.91. The van der Waals surface area contributed by atoms with Crippen LogP contribution in [0.1, 0.15) is 55.8 Å². The van der Waals surface area contributed by atoms with Gasteiger partial charge in [-0.1, -0.05) is 26.3 Å². The quantitative estimate of drug-likeness (QED) is 0.327. The van der Waals surface area contributed by atoms with Gasteiger partial charge in [0.15, 0.2) is 0 Å². The Labute approximate surface area is 203 Å². The van der Waals surface area contributed by atoms with E-state index in [1.165, 1.54) is 6.07 Å². The van der Waals surface area contributed by atoms with Gasteiger partial charge in [0.05, 0.1) is 18.2 Å². The first kappa shape index (κ1) is 25.1. The van der Waals surface area contributed by atoms with Crippen LogP contribution < -0.4 is 15.2 Å². The fourth-order valence-electron chi connectivity index (χ4n) is 4.79. The second kappa shape index (κ2) is 10.7. The van der Waals surface area contributed by atoms with Gasteiger partial charge in [0, 0.05) is 35.8 Å². The van der Waals surface area contributed by atoms with E-state index in [9.17, 15) is 13.2 Å². The molecule has 8 heteroatoms. The second-order valence-electron chi connectivity index (χ2n) is 8.69. The number of nitrogens with zero attached hydrogens (tertiary/aromatic N) is 2. The zero-order chi connectivity index (χ0) is 25.0. The topological polar surface area (TPSA) is 61.8 Å². The number of halogens is 3. The van der Waals surface area contributed by atoms with Gasteiger partial charge >= 0.3 is 6.18 Å². The highest BCUT2D eigenvalue weighted by atomic mass is 19.4. The molecule has 2 heterocycles. The third-order valence-electron chi connectivity index (χ3n) is 6.29. The molecule has 1 atom stereocenters. The van der Waals surface area contributed by atoms with Crippen molar-refractivity contribution in [3.05, 3.63) is 59.3 Å². The smallest absolute Gasteiger partial charge is 0.433 e. The number of nitrogens with two attached hydrogens (primary N) is 1. The second-order valence-corrected chi connectivity index (χ2v) is 8.69. The SMILES string of the molecule is CCCc1c(OCCCn2ccc3c(OCCN)cccc32)ccc2c1C(CC)N=C2C(F)(F)F. The summed E-state index contributed by atoms with van der Waals surface area (Å²) in [5.74, 6) is 1.48. The first-order valence-electron chi connectivity index (χ1n) is 12.2. The highest BCUT2D eigenvalue weighted by Crippen LogP contribution is 2.43. The number of aryl methyl sites for hydroxylation is 1. The van der Waals surface area contributed by atoms with Gasteiger partial charge in [-0.3, -0.25) is 4.99 Å². The summed E-state index contributed by atoms with van der Waals surface area (Å²) < 4.78 is 54.7. The van der Waals surface area contributed by atoms with Crippen LogP contribution in [0.15, 0.2) is 47.6 Å². The highest BCUT2D eigenvalue weighted by molar-refractivity contribution is 6.08. The lowest BCUT2D eigenvalue weighted by Gasteiger charge is -2.18. The van der Waals surface area contributed by atoms with Crippen molar-refractivity contribution in [2.24, 2.45) is 10.7 Å². The summed E-state index contributed by atoms with van der Waals surface area (Å²) in [5.41, 5.74) is 7.60. The van der Waals surface area contributed by atoms with Gasteiger partial charge in [-0.15, -0.1) is 0 Å². The molecule has 0 spiro atoms. The van der Waals surface area contributed by atoms with Crippen molar-refractivity contribution in [2.45, 2.75) is 58.3 Å². The Kier molecular flexibility index (Phi) is 7.69. The van der Waals surface area contributed by atoms with Gasteiger partial charge in [0.1, 0.15) is 23.8 Å². The normalized spacial score (nSPS) is 15.4. The summed E-state index contributed by atoms with van der Waals surface area (Å²) in [4.78, 5) is 4.03. The number of hydrogen-bond acceptors (Lipinski definition) is 4. The molecule has 0 radical (unpaired) electrons. The van der Waals surface area contributed by atoms with E-state index in [-0.39, 0.29) is 5.56 Å². The number of fused-ring (bicyclic) bond motifs is 2. The molecule has 1 aliphatic rings. The van der Waals surface area contributed by atoms with Crippen LogP contribution in [0.2, 0.25) is 0 Å². The van der Waals surface area contributed by atoms with Crippen molar-refractivity contribution in [2.75, 3.05) is 19.8 Å². The average molecular weight is 488 g/mol. The molecule has 0 aliphatic carbocycles. The Hall–Kier alpha value is -3.00. The molecule has 0 fully saturated rings. The predicted molar refractivity (Wildman–Crippen MR) is 133 cm³/mol. The lowest BCUT2D eigenvalue weighted by Crippen LogP contribution is -2.22. The van der Waals surface area contributed by atoms with Gasteiger partial charge in [-0.05, 0) is 55.2 Å². The monoisotopic (exact) mass is 487 g/mol. The number of rotatable bonds is 11. The molecule has 3 aromatic rings. The summed E-state index contributed by atoms with van der Waals surface area (Å²) >= 11 is 0. The van der Waals surface area contributed by atoms with E-state index in [1.807, 2.05) is 38.2 Å². The van der Waals surface area contributed by atoms with Crippen LogP contribution in [0.3, 0.4) is 0 Å². The largest absolute Gasteiger partial charge is 0.493 e. The van der Waals surface area contributed by atoms with Crippen LogP contribution in [0.5, 0.6) is 11.5 Å². The minimum absolute atomic E-state index is 0.201. The molecule has 1 unspecified atom stereocenters. The van der Waals surface area contributed by atoms with E-state index in [2.05, 4.69) is 15.6 Å². The van der Waals surface area contributed by atoms with Gasteiger partial charge in [-0.2, -0.15) is 13.2 Å². The fourth-order valence-corrected chi connectivity index (χ4v) is 4.79. The third-order valence-corrected chi connectivity index (χ3v) is 6.29. The Bertz CT molecular complexity index is 1200. The molecule has 0 saturated carbocycles. The van der Waals surface area contributed by atoms with E-state index in [4.69, 9.17) is 15.2 Å². The average Bonchev–Trinajstić information content (AvgIpc) is 3.43. The Morgan fingerprint density at radius 1 is 1.03 bits per heavy atom. The van der Waals surface area contributed by atoms with Crippen molar-refractivity contribution in [1.29, 1.82) is 0 Å². The molecule has 1 aliphatic heterocycles. The number of benzene rings is 2. The summed E-state index contributed by atoms with van der Waals surface area (Å²) in [6, 6.07) is 10.7. The van der Waals surface area contributed by atoms with Crippen LogP contribution in [0.25, 0.3) is 10.9 Å². The summed E-state index contributed by atoms with van der Waals surface area (Å²) in [6.45, 7) is 6.02. The van der Waals surface area contributed by atoms with Crippen LogP contribution in [0.4, 0.5) is 13.2 Å². The molecule has 35 heavy (non-hydrogen) atoms. The zero-order valence-electron chi connectivity index (χ0n) is 20.2. The van der Waals surface area contributed by atoms with Crippen molar-refractivity contribution in [1.82, 2.24) is 4.57 Å². The van der Waals surface area contributed by atoms with Gasteiger partial charge in [0.25, 0.3) is 0 Å². The van der Waals surface area contributed by atoms with Crippen molar-refractivity contribution < 1.29 is 22.6 Å². The Morgan fingerprint density at radius 3 is 2.54 bits per heavy atom. The first-order chi connectivity index (χ1) is 16.9. The zero-order valence-corrected chi connectivity index (χ0v) is 20.2. The van der Waals surface area contributed by atoms with Gasteiger partial charge in [0.2, 0.25) is 0 Å². The number of hydrogen-bond donors (Lipinski definition) is 1. The molecule has 2 aromatic carbocycles. The molecular formula is C27H32F3N3O2.